The molecule has 0 N–H and O–H groups in total. The second-order valence-corrected chi connectivity index (χ2v) is 6.42. The zero-order chi connectivity index (χ0) is 16.4. The number of hydrogen-bond acceptors (Lipinski definition) is 3. The molecule has 1 aromatic carbocycles. The first-order valence-electron chi connectivity index (χ1n) is 8.28. The van der Waals surface area contributed by atoms with Gasteiger partial charge in [0.1, 0.15) is 5.75 Å². The lowest BCUT2D eigenvalue weighted by Gasteiger charge is -2.36. The van der Waals surface area contributed by atoms with Gasteiger partial charge in [0.15, 0.2) is 0 Å². The summed E-state index contributed by atoms with van der Waals surface area (Å²) in [6.45, 7) is 4.45. The van der Waals surface area contributed by atoms with Gasteiger partial charge in [-0.1, -0.05) is 6.07 Å². The molecule has 5 nitrogen and oxygen atoms in total. The first-order chi connectivity index (χ1) is 11.1. The van der Waals surface area contributed by atoms with E-state index in [0.717, 1.165) is 31.6 Å². The van der Waals surface area contributed by atoms with Gasteiger partial charge in [-0.2, -0.15) is 0 Å². The fourth-order valence-corrected chi connectivity index (χ4v) is 3.54. The van der Waals surface area contributed by atoms with Crippen molar-refractivity contribution in [2.45, 2.75) is 32.7 Å². The summed E-state index contributed by atoms with van der Waals surface area (Å²) in [5, 5.41) is 0. The van der Waals surface area contributed by atoms with Crippen LogP contribution in [0.3, 0.4) is 0 Å². The Kier molecular flexibility index (Phi) is 4.55. The molecule has 3 rings (SSSR count). The SMILES string of the molecule is COc1ccc2c(c1)CCN(C(=O)C1CCN(C(C)=O)CC1)C2. The van der Waals surface area contributed by atoms with E-state index in [0.29, 0.717) is 19.6 Å². The Morgan fingerprint density at radius 3 is 2.48 bits per heavy atom. The fraction of sp³-hybridized carbons (Fsp3) is 0.556. The number of methoxy groups -OCH3 is 1. The number of carbonyl (C=O) groups is 2. The molecule has 0 atom stereocenters. The highest BCUT2D eigenvalue weighted by atomic mass is 16.5. The maximum Gasteiger partial charge on any atom is 0.226 e. The Morgan fingerprint density at radius 2 is 1.83 bits per heavy atom. The van der Waals surface area contributed by atoms with E-state index in [9.17, 15) is 9.59 Å². The van der Waals surface area contributed by atoms with E-state index in [1.807, 2.05) is 15.9 Å². The number of piperidine rings is 1. The predicted molar refractivity (Wildman–Crippen MR) is 87.1 cm³/mol. The van der Waals surface area contributed by atoms with Crippen molar-refractivity contribution in [3.8, 4) is 5.75 Å². The molecule has 124 valence electrons. The van der Waals surface area contributed by atoms with E-state index in [4.69, 9.17) is 4.74 Å². The monoisotopic (exact) mass is 316 g/mol. The summed E-state index contributed by atoms with van der Waals surface area (Å²) in [5.41, 5.74) is 2.49. The molecule has 1 aromatic rings. The summed E-state index contributed by atoms with van der Waals surface area (Å²) in [6, 6.07) is 6.09. The van der Waals surface area contributed by atoms with E-state index < -0.39 is 0 Å². The van der Waals surface area contributed by atoms with Crippen LogP contribution in [0.25, 0.3) is 0 Å². The number of carbonyl (C=O) groups excluding carboxylic acids is 2. The summed E-state index contributed by atoms with van der Waals surface area (Å²) in [5.74, 6) is 1.29. The standard InChI is InChI=1S/C18H24N2O3/c1-13(21)19-8-5-14(6-9-19)18(22)20-10-7-15-11-17(23-2)4-3-16(15)12-20/h3-4,11,14H,5-10,12H2,1-2H3. The van der Waals surface area contributed by atoms with Crippen LogP contribution in [0.2, 0.25) is 0 Å². The van der Waals surface area contributed by atoms with Gasteiger partial charge in [0.25, 0.3) is 0 Å². The Morgan fingerprint density at radius 1 is 1.09 bits per heavy atom. The first-order valence-corrected chi connectivity index (χ1v) is 8.28. The van der Waals surface area contributed by atoms with Crippen LogP contribution < -0.4 is 4.74 Å². The van der Waals surface area contributed by atoms with Gasteiger partial charge in [0, 0.05) is 39.0 Å². The lowest BCUT2D eigenvalue weighted by Crippen LogP contribution is -2.45. The van der Waals surface area contributed by atoms with E-state index >= 15 is 0 Å². The maximum atomic E-state index is 12.8. The van der Waals surface area contributed by atoms with Gasteiger partial charge in [0.05, 0.1) is 7.11 Å². The summed E-state index contributed by atoms with van der Waals surface area (Å²) in [4.78, 5) is 28.0. The number of hydrogen-bond donors (Lipinski definition) is 0. The molecular weight excluding hydrogens is 292 g/mol. The van der Waals surface area contributed by atoms with Gasteiger partial charge in [-0.15, -0.1) is 0 Å². The van der Waals surface area contributed by atoms with E-state index in [1.165, 1.54) is 11.1 Å². The molecule has 2 heterocycles. The molecule has 0 spiro atoms. The third-order valence-electron chi connectivity index (χ3n) is 5.03. The molecule has 23 heavy (non-hydrogen) atoms. The Hall–Kier alpha value is -2.04. The molecule has 0 aromatic heterocycles. The van der Waals surface area contributed by atoms with E-state index in [-0.39, 0.29) is 17.7 Å². The summed E-state index contributed by atoms with van der Waals surface area (Å²) in [7, 11) is 1.67. The van der Waals surface area contributed by atoms with Crippen LogP contribution >= 0.6 is 0 Å². The molecule has 0 saturated carbocycles. The number of fused-ring (bicyclic) bond motifs is 1. The number of benzene rings is 1. The molecular formula is C18H24N2O3. The minimum absolute atomic E-state index is 0.0606. The van der Waals surface area contributed by atoms with Crippen molar-refractivity contribution in [2.75, 3.05) is 26.7 Å². The largest absolute Gasteiger partial charge is 0.497 e. The molecule has 5 heteroatoms. The molecule has 1 saturated heterocycles. The smallest absolute Gasteiger partial charge is 0.226 e. The van der Waals surface area contributed by atoms with Gasteiger partial charge in [0.2, 0.25) is 11.8 Å². The highest BCUT2D eigenvalue weighted by Crippen LogP contribution is 2.27. The van der Waals surface area contributed by atoms with Crippen LogP contribution in [0.5, 0.6) is 5.75 Å². The van der Waals surface area contributed by atoms with Crippen molar-refractivity contribution in [2.24, 2.45) is 5.92 Å². The van der Waals surface area contributed by atoms with Crippen LogP contribution in [0.1, 0.15) is 30.9 Å². The minimum Gasteiger partial charge on any atom is -0.497 e. The Balaban J connectivity index is 1.62. The number of amides is 2. The average Bonchev–Trinajstić information content (AvgIpc) is 2.60. The van der Waals surface area contributed by atoms with Crippen LogP contribution in [0, 0.1) is 5.92 Å². The summed E-state index contributed by atoms with van der Waals surface area (Å²) >= 11 is 0. The Labute approximate surface area is 137 Å². The van der Waals surface area contributed by atoms with Crippen LogP contribution in [-0.4, -0.2) is 48.4 Å². The molecule has 0 aliphatic carbocycles. The van der Waals surface area contributed by atoms with Crippen molar-refractivity contribution >= 4 is 11.8 Å². The lowest BCUT2D eigenvalue weighted by molar-refractivity contribution is -0.140. The average molecular weight is 316 g/mol. The van der Waals surface area contributed by atoms with Gasteiger partial charge < -0.3 is 14.5 Å². The van der Waals surface area contributed by atoms with E-state index in [1.54, 1.807) is 14.0 Å². The zero-order valence-electron chi connectivity index (χ0n) is 13.9. The number of ether oxygens (including phenoxy) is 1. The van der Waals surface area contributed by atoms with Crippen molar-refractivity contribution in [1.82, 2.24) is 9.80 Å². The zero-order valence-corrected chi connectivity index (χ0v) is 13.9. The highest BCUT2D eigenvalue weighted by molar-refractivity contribution is 5.80. The highest BCUT2D eigenvalue weighted by Gasteiger charge is 2.30. The third-order valence-corrected chi connectivity index (χ3v) is 5.03. The molecule has 2 amide bonds. The fourth-order valence-electron chi connectivity index (χ4n) is 3.54. The molecule has 0 radical (unpaired) electrons. The summed E-state index contributed by atoms with van der Waals surface area (Å²) < 4.78 is 5.27. The second kappa shape index (κ2) is 6.60. The number of likely N-dealkylation sites (tertiary alicyclic amines) is 1. The van der Waals surface area contributed by atoms with E-state index in [2.05, 4.69) is 12.1 Å². The molecule has 0 unspecified atom stereocenters. The van der Waals surface area contributed by atoms with Gasteiger partial charge >= 0.3 is 0 Å². The van der Waals surface area contributed by atoms with Crippen LogP contribution in [0.15, 0.2) is 18.2 Å². The number of nitrogens with zero attached hydrogens (tertiary/aromatic N) is 2. The van der Waals surface area contributed by atoms with Gasteiger partial charge in [-0.25, -0.2) is 0 Å². The molecule has 0 bridgehead atoms. The summed E-state index contributed by atoms with van der Waals surface area (Å²) in [6.07, 6.45) is 2.44. The topological polar surface area (TPSA) is 49.9 Å². The van der Waals surface area contributed by atoms with Crippen molar-refractivity contribution < 1.29 is 14.3 Å². The van der Waals surface area contributed by atoms with Gasteiger partial charge in [-0.3, -0.25) is 9.59 Å². The minimum atomic E-state index is 0.0606. The molecule has 2 aliphatic heterocycles. The third kappa shape index (κ3) is 3.33. The quantitative estimate of drug-likeness (QED) is 0.836. The Bertz CT molecular complexity index is 606. The van der Waals surface area contributed by atoms with Gasteiger partial charge in [-0.05, 0) is 42.5 Å². The van der Waals surface area contributed by atoms with Crippen molar-refractivity contribution in [1.29, 1.82) is 0 Å². The predicted octanol–water partition coefficient (Wildman–Crippen LogP) is 1.84. The lowest BCUT2D eigenvalue weighted by atomic mass is 9.93. The van der Waals surface area contributed by atoms with Crippen molar-refractivity contribution in [3.63, 3.8) is 0 Å². The van der Waals surface area contributed by atoms with Crippen LogP contribution in [0.4, 0.5) is 0 Å². The van der Waals surface area contributed by atoms with Crippen molar-refractivity contribution in [3.05, 3.63) is 29.3 Å². The number of rotatable bonds is 2. The maximum absolute atomic E-state index is 12.8. The van der Waals surface area contributed by atoms with Crippen LogP contribution in [-0.2, 0) is 22.6 Å². The molecule has 1 fully saturated rings. The molecule has 2 aliphatic rings. The first kappa shape index (κ1) is 15.8. The normalized spacial score (nSPS) is 18.5. The second-order valence-electron chi connectivity index (χ2n) is 6.42.